The van der Waals surface area contributed by atoms with E-state index in [1.54, 1.807) is 12.3 Å². The number of aromatic nitrogens is 4. The molecular weight excluding hydrogens is 274 g/mol. The zero-order valence-corrected chi connectivity index (χ0v) is 11.7. The molecule has 21 heavy (non-hydrogen) atoms. The van der Waals surface area contributed by atoms with Gasteiger partial charge in [-0.15, -0.1) is 5.10 Å². The summed E-state index contributed by atoms with van der Waals surface area (Å²) in [7, 11) is 0. The average molecular weight is 291 g/mol. The highest BCUT2D eigenvalue weighted by atomic mass is 16.4. The number of aliphatic carboxylic acids is 1. The number of aryl methyl sites for hydroxylation is 1. The lowest BCUT2D eigenvalue weighted by Crippen LogP contribution is -2.25. The molecule has 0 radical (unpaired) electrons. The molecule has 2 rings (SSSR count). The summed E-state index contributed by atoms with van der Waals surface area (Å²) in [5, 5.41) is 15.3. The Labute approximate surface area is 121 Å². The molecule has 112 valence electrons. The Morgan fingerprint density at radius 1 is 1.33 bits per heavy atom. The number of nitrogens with zero attached hydrogens (tertiary/aromatic N) is 4. The Bertz CT molecular complexity index is 652. The molecule has 0 aromatic carbocycles. The molecule has 2 N–H and O–H groups in total. The fourth-order valence-corrected chi connectivity index (χ4v) is 1.86. The van der Waals surface area contributed by atoms with Gasteiger partial charge in [0.15, 0.2) is 0 Å². The van der Waals surface area contributed by atoms with Crippen molar-refractivity contribution in [2.24, 2.45) is 0 Å². The Hall–Kier alpha value is -2.51. The zero-order chi connectivity index (χ0) is 15.2. The fourth-order valence-electron chi connectivity index (χ4n) is 1.86. The van der Waals surface area contributed by atoms with Crippen LogP contribution in [0.2, 0.25) is 0 Å². The van der Waals surface area contributed by atoms with Gasteiger partial charge in [0, 0.05) is 24.9 Å². The fraction of sp³-hybridized carbons (Fsp3) is 0.462. The lowest BCUT2D eigenvalue weighted by atomic mass is 10.2. The summed E-state index contributed by atoms with van der Waals surface area (Å²) in [6.45, 7) is 2.33. The van der Waals surface area contributed by atoms with Crippen LogP contribution < -0.4 is 5.32 Å². The summed E-state index contributed by atoms with van der Waals surface area (Å²) in [6.07, 6.45) is 3.87. The molecule has 0 bridgehead atoms. The van der Waals surface area contributed by atoms with Crippen LogP contribution in [-0.2, 0) is 4.79 Å². The van der Waals surface area contributed by atoms with Crippen LogP contribution in [0.25, 0.3) is 5.78 Å². The van der Waals surface area contributed by atoms with Crippen LogP contribution in [-0.4, -0.2) is 43.1 Å². The highest BCUT2D eigenvalue weighted by Crippen LogP contribution is 2.02. The van der Waals surface area contributed by atoms with E-state index in [2.05, 4.69) is 20.4 Å². The maximum Gasteiger partial charge on any atom is 0.303 e. The van der Waals surface area contributed by atoms with Crippen molar-refractivity contribution >= 4 is 17.7 Å². The second-order valence-corrected chi connectivity index (χ2v) is 4.69. The molecule has 0 spiro atoms. The van der Waals surface area contributed by atoms with E-state index >= 15 is 0 Å². The van der Waals surface area contributed by atoms with Gasteiger partial charge in [-0.2, -0.15) is 4.98 Å². The number of fused-ring (bicyclic) bond motifs is 1. The van der Waals surface area contributed by atoms with Gasteiger partial charge in [-0.05, 0) is 25.8 Å². The first kappa shape index (κ1) is 14.9. The van der Waals surface area contributed by atoms with Gasteiger partial charge in [-0.3, -0.25) is 9.59 Å². The second-order valence-electron chi connectivity index (χ2n) is 4.69. The number of unbranched alkanes of at least 4 members (excludes halogenated alkanes) is 2. The minimum atomic E-state index is -0.796. The van der Waals surface area contributed by atoms with Gasteiger partial charge in [0.2, 0.25) is 5.82 Å². The third kappa shape index (κ3) is 3.98. The lowest BCUT2D eigenvalue weighted by molar-refractivity contribution is -0.137. The number of hydrogen-bond acceptors (Lipinski definition) is 5. The van der Waals surface area contributed by atoms with E-state index in [0.717, 1.165) is 18.5 Å². The minimum Gasteiger partial charge on any atom is -0.481 e. The van der Waals surface area contributed by atoms with Gasteiger partial charge in [-0.1, -0.05) is 6.42 Å². The van der Waals surface area contributed by atoms with Crippen molar-refractivity contribution in [3.05, 3.63) is 23.8 Å². The minimum absolute atomic E-state index is 0.0855. The molecule has 0 saturated heterocycles. The van der Waals surface area contributed by atoms with Gasteiger partial charge in [0.25, 0.3) is 11.7 Å². The molecule has 0 aliphatic carbocycles. The Morgan fingerprint density at radius 2 is 2.14 bits per heavy atom. The van der Waals surface area contributed by atoms with E-state index in [4.69, 9.17) is 5.11 Å². The van der Waals surface area contributed by atoms with E-state index in [9.17, 15) is 9.59 Å². The van der Waals surface area contributed by atoms with Gasteiger partial charge < -0.3 is 10.4 Å². The third-order valence-corrected chi connectivity index (χ3v) is 2.99. The molecule has 2 heterocycles. The van der Waals surface area contributed by atoms with Gasteiger partial charge in [0.05, 0.1) is 0 Å². The third-order valence-electron chi connectivity index (χ3n) is 2.99. The van der Waals surface area contributed by atoms with E-state index in [0.29, 0.717) is 18.7 Å². The molecule has 0 unspecified atom stereocenters. The molecule has 8 nitrogen and oxygen atoms in total. The molecule has 8 heteroatoms. The number of rotatable bonds is 7. The maximum absolute atomic E-state index is 11.9. The molecule has 0 saturated carbocycles. The molecule has 2 aromatic heterocycles. The van der Waals surface area contributed by atoms with Crippen LogP contribution in [0.4, 0.5) is 0 Å². The average Bonchev–Trinajstić information content (AvgIpc) is 2.87. The van der Waals surface area contributed by atoms with Crippen molar-refractivity contribution in [3.63, 3.8) is 0 Å². The number of carboxylic acids is 1. The predicted octanol–water partition coefficient (Wildman–Crippen LogP) is 0.808. The van der Waals surface area contributed by atoms with E-state index in [-0.39, 0.29) is 18.2 Å². The van der Waals surface area contributed by atoms with Gasteiger partial charge >= 0.3 is 5.97 Å². The summed E-state index contributed by atoms with van der Waals surface area (Å²) in [5.74, 6) is -0.669. The van der Waals surface area contributed by atoms with E-state index < -0.39 is 5.97 Å². The van der Waals surface area contributed by atoms with Crippen LogP contribution in [0, 0.1) is 6.92 Å². The topological polar surface area (TPSA) is 109 Å². The van der Waals surface area contributed by atoms with Crippen LogP contribution in [0.3, 0.4) is 0 Å². The van der Waals surface area contributed by atoms with Gasteiger partial charge in [-0.25, -0.2) is 9.50 Å². The zero-order valence-electron chi connectivity index (χ0n) is 11.7. The van der Waals surface area contributed by atoms with E-state index in [1.807, 2.05) is 6.92 Å². The number of nitrogens with one attached hydrogen (secondary N) is 1. The predicted molar refractivity (Wildman–Crippen MR) is 74.0 cm³/mol. The monoisotopic (exact) mass is 291 g/mol. The Morgan fingerprint density at radius 3 is 2.86 bits per heavy atom. The van der Waals surface area contributed by atoms with Crippen molar-refractivity contribution in [3.8, 4) is 0 Å². The van der Waals surface area contributed by atoms with Crippen LogP contribution in [0.1, 0.15) is 42.0 Å². The molecule has 2 aromatic rings. The molecule has 0 aliphatic heterocycles. The van der Waals surface area contributed by atoms with Crippen molar-refractivity contribution in [1.29, 1.82) is 0 Å². The largest absolute Gasteiger partial charge is 0.481 e. The number of carbonyl (C=O) groups is 2. The van der Waals surface area contributed by atoms with Crippen LogP contribution in [0.15, 0.2) is 12.3 Å². The number of hydrogen-bond donors (Lipinski definition) is 2. The smallest absolute Gasteiger partial charge is 0.303 e. The normalized spacial score (nSPS) is 10.7. The summed E-state index contributed by atoms with van der Waals surface area (Å²) >= 11 is 0. The van der Waals surface area contributed by atoms with Crippen molar-refractivity contribution in [2.75, 3.05) is 6.54 Å². The summed E-state index contributed by atoms with van der Waals surface area (Å²) < 4.78 is 1.52. The first-order valence-electron chi connectivity index (χ1n) is 6.76. The highest BCUT2D eigenvalue weighted by molar-refractivity contribution is 5.90. The molecule has 0 aliphatic rings. The van der Waals surface area contributed by atoms with Crippen molar-refractivity contribution in [2.45, 2.75) is 32.6 Å². The molecule has 0 fully saturated rings. The standard InChI is InChI=1S/C13H17N5O3/c1-9-6-8-15-13-16-11(17-18(9)13)12(21)14-7-4-2-3-5-10(19)20/h6,8H,2-5,7H2,1H3,(H,14,21)(H,19,20). The van der Waals surface area contributed by atoms with Crippen LogP contribution >= 0.6 is 0 Å². The number of carboxylic acid groups (broad SMARTS) is 1. The first-order chi connectivity index (χ1) is 10.1. The number of carbonyl (C=O) groups excluding carboxylic acids is 1. The molecule has 0 atom stereocenters. The Balaban J connectivity index is 1.82. The lowest BCUT2D eigenvalue weighted by Gasteiger charge is -2.01. The van der Waals surface area contributed by atoms with Gasteiger partial charge in [0.1, 0.15) is 0 Å². The number of amides is 1. The second kappa shape index (κ2) is 6.78. The van der Waals surface area contributed by atoms with Crippen molar-refractivity contribution < 1.29 is 14.7 Å². The van der Waals surface area contributed by atoms with Crippen LogP contribution in [0.5, 0.6) is 0 Å². The first-order valence-corrected chi connectivity index (χ1v) is 6.76. The summed E-state index contributed by atoms with van der Waals surface area (Å²) in [4.78, 5) is 30.3. The SMILES string of the molecule is Cc1ccnc2nc(C(=O)NCCCCCC(=O)O)nn12. The van der Waals surface area contributed by atoms with Crippen molar-refractivity contribution in [1.82, 2.24) is 24.9 Å². The quantitative estimate of drug-likeness (QED) is 0.730. The Kier molecular flexibility index (Phi) is 4.81. The molecular formula is C13H17N5O3. The summed E-state index contributed by atoms with van der Waals surface area (Å²) in [5.41, 5.74) is 0.847. The summed E-state index contributed by atoms with van der Waals surface area (Å²) in [6, 6.07) is 1.78. The van der Waals surface area contributed by atoms with E-state index in [1.165, 1.54) is 4.52 Å². The maximum atomic E-state index is 11.9. The highest BCUT2D eigenvalue weighted by Gasteiger charge is 2.13. The molecule has 1 amide bonds.